The van der Waals surface area contributed by atoms with E-state index in [1.165, 1.54) is 44.1 Å². The highest BCUT2D eigenvalue weighted by Gasteiger charge is 2.44. The van der Waals surface area contributed by atoms with Crippen molar-refractivity contribution < 1.29 is 0 Å². The van der Waals surface area contributed by atoms with E-state index < -0.39 is 0 Å². The zero-order valence-electron chi connectivity index (χ0n) is 12.3. The van der Waals surface area contributed by atoms with Crippen LogP contribution in [0.1, 0.15) is 44.1 Å². The fourth-order valence-electron chi connectivity index (χ4n) is 2.69. The Kier molecular flexibility index (Phi) is 4.43. The largest absolute Gasteiger partial charge is 0.354 e. The van der Waals surface area contributed by atoms with E-state index in [9.17, 15) is 0 Å². The first kappa shape index (κ1) is 15.1. The molecule has 0 amide bonds. The van der Waals surface area contributed by atoms with Crippen LogP contribution in [0.5, 0.6) is 0 Å². The van der Waals surface area contributed by atoms with Crippen molar-refractivity contribution >= 4 is 29.9 Å². The van der Waals surface area contributed by atoms with E-state index in [4.69, 9.17) is 4.99 Å². The van der Waals surface area contributed by atoms with Gasteiger partial charge in [0.15, 0.2) is 5.96 Å². The summed E-state index contributed by atoms with van der Waals surface area (Å²) in [6, 6.07) is 12.2. The highest BCUT2D eigenvalue weighted by atomic mass is 127. The van der Waals surface area contributed by atoms with E-state index in [2.05, 4.69) is 41.0 Å². The second kappa shape index (κ2) is 6.15. The lowest BCUT2D eigenvalue weighted by atomic mass is 9.96. The van der Waals surface area contributed by atoms with E-state index in [1.54, 1.807) is 0 Å². The predicted molar refractivity (Wildman–Crippen MR) is 97.4 cm³/mol. The van der Waals surface area contributed by atoms with Gasteiger partial charge < -0.3 is 10.6 Å². The monoisotopic (exact) mass is 397 g/mol. The Morgan fingerprint density at radius 1 is 1.00 bits per heavy atom. The summed E-state index contributed by atoms with van der Waals surface area (Å²) in [5, 5.41) is 7.11. The molecule has 1 aromatic rings. The third-order valence-electron chi connectivity index (χ3n) is 4.62. The van der Waals surface area contributed by atoms with Crippen LogP contribution in [0.15, 0.2) is 35.3 Å². The molecule has 0 aliphatic heterocycles. The van der Waals surface area contributed by atoms with E-state index in [1.807, 2.05) is 0 Å². The molecule has 2 N–H and O–H groups in total. The summed E-state index contributed by atoms with van der Waals surface area (Å²) < 4.78 is 0. The molecule has 0 spiro atoms. The Balaban J connectivity index is 0.00000132. The van der Waals surface area contributed by atoms with E-state index in [0.717, 1.165) is 12.5 Å². The lowest BCUT2D eigenvalue weighted by Crippen LogP contribution is -2.40. The highest BCUT2D eigenvalue weighted by molar-refractivity contribution is 14.0. The van der Waals surface area contributed by atoms with Crippen LogP contribution in [0.2, 0.25) is 0 Å². The third-order valence-corrected chi connectivity index (χ3v) is 4.62. The highest BCUT2D eigenvalue weighted by Crippen LogP contribution is 2.48. The number of rotatable bonds is 5. The molecule has 3 nitrogen and oxygen atoms in total. The summed E-state index contributed by atoms with van der Waals surface area (Å²) in [6.07, 6.45) is 7.76. The SMILES string of the molecule is I.c1ccc(C2(CN=C(NC3CC3)NC3CC3)CC2)cc1. The smallest absolute Gasteiger partial charge is 0.191 e. The molecule has 0 saturated heterocycles. The van der Waals surface area contributed by atoms with Crippen molar-refractivity contribution in [2.45, 2.75) is 56.0 Å². The van der Waals surface area contributed by atoms with Gasteiger partial charge in [0.05, 0.1) is 6.54 Å². The molecular formula is C17H24IN3. The number of halogens is 1. The van der Waals surface area contributed by atoms with Crippen molar-refractivity contribution in [2.75, 3.05) is 6.54 Å². The van der Waals surface area contributed by atoms with Crippen LogP contribution in [-0.2, 0) is 5.41 Å². The molecule has 0 heterocycles. The molecule has 21 heavy (non-hydrogen) atoms. The summed E-state index contributed by atoms with van der Waals surface area (Å²) in [7, 11) is 0. The lowest BCUT2D eigenvalue weighted by Gasteiger charge is -2.16. The number of nitrogens with one attached hydrogen (secondary N) is 2. The van der Waals surface area contributed by atoms with Gasteiger partial charge in [-0.3, -0.25) is 4.99 Å². The number of benzene rings is 1. The molecule has 3 saturated carbocycles. The van der Waals surface area contributed by atoms with Crippen LogP contribution in [0.3, 0.4) is 0 Å². The number of guanidine groups is 1. The quantitative estimate of drug-likeness (QED) is 0.455. The average Bonchev–Trinajstić information content (AvgIpc) is 3.34. The van der Waals surface area contributed by atoms with Crippen LogP contribution < -0.4 is 10.6 Å². The molecule has 1 aromatic carbocycles. The molecule has 3 aliphatic rings. The van der Waals surface area contributed by atoms with Gasteiger partial charge in [0.25, 0.3) is 0 Å². The van der Waals surface area contributed by atoms with Crippen molar-refractivity contribution in [2.24, 2.45) is 4.99 Å². The molecule has 114 valence electrons. The Hall–Kier alpha value is -0.780. The Bertz CT molecular complexity index is 486. The van der Waals surface area contributed by atoms with Crippen LogP contribution in [0.25, 0.3) is 0 Å². The first-order valence-electron chi connectivity index (χ1n) is 7.97. The standard InChI is InChI=1S/C17H23N3.HI/c1-2-4-13(5-3-1)17(10-11-17)12-18-16(19-14-6-7-14)20-15-8-9-15;/h1-5,14-15H,6-12H2,(H2,18,19,20);1H. The number of hydrogen-bond acceptors (Lipinski definition) is 1. The van der Waals surface area contributed by atoms with Gasteiger partial charge in [0.1, 0.15) is 0 Å². The van der Waals surface area contributed by atoms with Gasteiger partial charge in [-0.1, -0.05) is 30.3 Å². The minimum absolute atomic E-state index is 0. The second-order valence-electron chi connectivity index (χ2n) is 6.65. The molecule has 4 heteroatoms. The fraction of sp³-hybridized carbons (Fsp3) is 0.588. The van der Waals surface area contributed by atoms with Gasteiger partial charge in [0.2, 0.25) is 0 Å². The first-order valence-corrected chi connectivity index (χ1v) is 7.97. The summed E-state index contributed by atoms with van der Waals surface area (Å²) >= 11 is 0. The Labute approximate surface area is 144 Å². The lowest BCUT2D eigenvalue weighted by molar-refractivity contribution is 0.689. The first-order chi connectivity index (χ1) is 9.84. The van der Waals surface area contributed by atoms with Gasteiger partial charge >= 0.3 is 0 Å². The zero-order chi connectivity index (χ0) is 13.4. The maximum atomic E-state index is 4.89. The minimum atomic E-state index is 0. The average molecular weight is 397 g/mol. The number of hydrogen-bond donors (Lipinski definition) is 2. The van der Waals surface area contributed by atoms with E-state index in [-0.39, 0.29) is 24.0 Å². The summed E-state index contributed by atoms with van der Waals surface area (Å²) in [5.74, 6) is 1.05. The predicted octanol–water partition coefficient (Wildman–Crippen LogP) is 3.20. The van der Waals surface area contributed by atoms with E-state index in [0.29, 0.717) is 17.5 Å². The summed E-state index contributed by atoms with van der Waals surface area (Å²) in [4.78, 5) is 4.89. The second-order valence-corrected chi connectivity index (χ2v) is 6.65. The van der Waals surface area contributed by atoms with Crippen LogP contribution in [-0.4, -0.2) is 24.6 Å². The van der Waals surface area contributed by atoms with Crippen molar-refractivity contribution in [1.82, 2.24) is 10.6 Å². The molecule has 3 aliphatic carbocycles. The molecule has 0 atom stereocenters. The summed E-state index contributed by atoms with van der Waals surface area (Å²) in [6.45, 7) is 0.922. The van der Waals surface area contributed by atoms with Crippen LogP contribution in [0, 0.1) is 0 Å². The maximum absolute atomic E-state index is 4.89. The van der Waals surface area contributed by atoms with Gasteiger partial charge in [-0.15, -0.1) is 24.0 Å². The number of aliphatic imine (C=N–C) groups is 1. The van der Waals surface area contributed by atoms with E-state index >= 15 is 0 Å². The van der Waals surface area contributed by atoms with Crippen molar-refractivity contribution in [3.05, 3.63) is 35.9 Å². The molecule has 0 radical (unpaired) electrons. The number of nitrogens with zero attached hydrogens (tertiary/aromatic N) is 1. The maximum Gasteiger partial charge on any atom is 0.191 e. The molecule has 0 aromatic heterocycles. The van der Waals surface area contributed by atoms with Crippen molar-refractivity contribution in [3.8, 4) is 0 Å². The molecular weight excluding hydrogens is 373 g/mol. The normalized spacial score (nSPS) is 21.9. The molecule has 4 rings (SSSR count). The molecule has 0 bridgehead atoms. The van der Waals surface area contributed by atoms with Crippen molar-refractivity contribution in [3.63, 3.8) is 0 Å². The fourth-order valence-corrected chi connectivity index (χ4v) is 2.69. The van der Waals surface area contributed by atoms with Gasteiger partial charge in [-0.25, -0.2) is 0 Å². The Morgan fingerprint density at radius 2 is 1.57 bits per heavy atom. The molecule has 3 fully saturated rings. The Morgan fingerprint density at radius 3 is 2.05 bits per heavy atom. The van der Waals surface area contributed by atoms with Gasteiger partial charge in [-0.2, -0.15) is 0 Å². The molecule has 0 unspecified atom stereocenters. The van der Waals surface area contributed by atoms with Crippen LogP contribution in [0.4, 0.5) is 0 Å². The van der Waals surface area contributed by atoms with Gasteiger partial charge in [-0.05, 0) is 44.1 Å². The zero-order valence-corrected chi connectivity index (χ0v) is 14.7. The topological polar surface area (TPSA) is 36.4 Å². The third kappa shape index (κ3) is 3.90. The summed E-state index contributed by atoms with van der Waals surface area (Å²) in [5.41, 5.74) is 1.78. The minimum Gasteiger partial charge on any atom is -0.354 e. The van der Waals surface area contributed by atoms with Crippen molar-refractivity contribution in [1.29, 1.82) is 0 Å². The van der Waals surface area contributed by atoms with Crippen LogP contribution >= 0.6 is 24.0 Å². The van der Waals surface area contributed by atoms with Gasteiger partial charge in [0, 0.05) is 17.5 Å².